The maximum Gasteiger partial charge on any atom is 0.342 e. The Morgan fingerprint density at radius 2 is 2.03 bits per heavy atom. The first-order valence-electron chi connectivity index (χ1n) is 9.69. The van der Waals surface area contributed by atoms with Gasteiger partial charge in [-0.3, -0.25) is 0 Å². The predicted octanol–water partition coefficient (Wildman–Crippen LogP) is 4.36. The van der Waals surface area contributed by atoms with Gasteiger partial charge in [-0.2, -0.15) is 0 Å². The Bertz CT molecular complexity index is 1120. The van der Waals surface area contributed by atoms with Crippen LogP contribution in [0.5, 0.6) is 0 Å². The average molecular weight is 413 g/mol. The summed E-state index contributed by atoms with van der Waals surface area (Å²) in [5.41, 5.74) is 1.81. The summed E-state index contributed by atoms with van der Waals surface area (Å²) in [5, 5.41) is 1.25. The summed E-state index contributed by atoms with van der Waals surface area (Å²) in [6.45, 7) is 3.67. The molecule has 1 fully saturated rings. The van der Waals surface area contributed by atoms with Crippen molar-refractivity contribution in [3.63, 3.8) is 0 Å². The molecule has 0 spiro atoms. The predicted molar refractivity (Wildman–Crippen MR) is 112 cm³/mol. The first-order chi connectivity index (χ1) is 14.1. The van der Waals surface area contributed by atoms with Crippen molar-refractivity contribution in [1.82, 2.24) is 4.98 Å². The van der Waals surface area contributed by atoms with E-state index in [1.165, 1.54) is 6.07 Å². The van der Waals surface area contributed by atoms with Gasteiger partial charge in [0, 0.05) is 41.3 Å². The van der Waals surface area contributed by atoms with E-state index in [9.17, 15) is 9.59 Å². The molecule has 4 rings (SSSR count). The van der Waals surface area contributed by atoms with Crippen molar-refractivity contribution in [2.24, 2.45) is 0 Å². The minimum atomic E-state index is -0.493. The van der Waals surface area contributed by atoms with Crippen LogP contribution < -0.4 is 10.5 Å². The van der Waals surface area contributed by atoms with Gasteiger partial charge >= 0.3 is 11.6 Å². The molecule has 1 aliphatic rings. The zero-order valence-electron chi connectivity index (χ0n) is 16.1. The van der Waals surface area contributed by atoms with Gasteiger partial charge < -0.3 is 14.1 Å². The van der Waals surface area contributed by atoms with E-state index in [2.05, 4.69) is 9.88 Å². The number of ether oxygens (including phenoxy) is 1. The molecule has 0 saturated carbocycles. The van der Waals surface area contributed by atoms with Crippen LogP contribution >= 0.6 is 11.6 Å². The van der Waals surface area contributed by atoms with Gasteiger partial charge in [-0.25, -0.2) is 14.6 Å². The van der Waals surface area contributed by atoms with Crippen molar-refractivity contribution in [3.8, 4) is 0 Å². The lowest BCUT2D eigenvalue weighted by Crippen LogP contribution is -2.22. The highest BCUT2D eigenvalue weighted by molar-refractivity contribution is 6.32. The lowest BCUT2D eigenvalue weighted by molar-refractivity contribution is 0.0474. The van der Waals surface area contributed by atoms with Crippen molar-refractivity contribution in [2.45, 2.75) is 32.8 Å². The molecule has 0 bridgehead atoms. The van der Waals surface area contributed by atoms with Crippen molar-refractivity contribution in [3.05, 3.63) is 68.7 Å². The summed E-state index contributed by atoms with van der Waals surface area (Å²) in [6, 6.07) is 8.28. The van der Waals surface area contributed by atoms with Gasteiger partial charge in [0.15, 0.2) is 0 Å². The molecule has 29 heavy (non-hydrogen) atoms. The molecule has 2 aromatic heterocycles. The van der Waals surface area contributed by atoms with Crippen LogP contribution in [0.1, 0.15) is 41.3 Å². The van der Waals surface area contributed by atoms with Crippen LogP contribution in [-0.4, -0.2) is 24.0 Å². The summed E-state index contributed by atoms with van der Waals surface area (Å²) in [6.07, 6.45) is 4.56. The van der Waals surface area contributed by atoms with E-state index in [4.69, 9.17) is 20.8 Å². The van der Waals surface area contributed by atoms with E-state index in [0.29, 0.717) is 32.9 Å². The molecule has 0 aliphatic carbocycles. The fourth-order valence-electron chi connectivity index (χ4n) is 3.64. The quantitative estimate of drug-likeness (QED) is 0.458. The van der Waals surface area contributed by atoms with Crippen molar-refractivity contribution in [1.29, 1.82) is 0 Å². The van der Waals surface area contributed by atoms with Crippen LogP contribution in [0, 0.1) is 0 Å². The molecule has 1 aromatic carbocycles. The number of nitrogens with zero attached hydrogens (tertiary/aromatic N) is 2. The molecule has 3 aromatic rings. The number of aryl methyl sites for hydroxylation is 1. The zero-order chi connectivity index (χ0) is 20.4. The number of hydrogen-bond acceptors (Lipinski definition) is 6. The van der Waals surface area contributed by atoms with E-state index in [0.717, 1.165) is 37.9 Å². The molecule has 0 radical (unpaired) electrons. The highest BCUT2D eigenvalue weighted by Gasteiger charge is 2.22. The third-order valence-electron chi connectivity index (χ3n) is 5.15. The maximum absolute atomic E-state index is 12.8. The van der Waals surface area contributed by atoms with Crippen molar-refractivity contribution in [2.75, 3.05) is 18.0 Å². The van der Waals surface area contributed by atoms with Crippen LogP contribution in [0.2, 0.25) is 5.02 Å². The molecule has 3 heterocycles. The molecule has 150 valence electrons. The monoisotopic (exact) mass is 412 g/mol. The van der Waals surface area contributed by atoms with Gasteiger partial charge in [-0.05, 0) is 49.1 Å². The first-order valence-corrected chi connectivity index (χ1v) is 10.1. The SMILES string of the molecule is CCc1cc2oc(=O)cc(COC(=O)c3cccnc3N3CCCC3)c2cc1Cl. The number of aromatic nitrogens is 1. The summed E-state index contributed by atoms with van der Waals surface area (Å²) in [5.74, 6) is 0.167. The minimum Gasteiger partial charge on any atom is -0.457 e. The normalized spacial score (nSPS) is 13.8. The zero-order valence-corrected chi connectivity index (χ0v) is 16.9. The Balaban J connectivity index is 1.61. The van der Waals surface area contributed by atoms with E-state index in [-0.39, 0.29) is 6.61 Å². The number of pyridine rings is 1. The topological polar surface area (TPSA) is 72.6 Å². The summed E-state index contributed by atoms with van der Waals surface area (Å²) < 4.78 is 10.9. The highest BCUT2D eigenvalue weighted by Crippen LogP contribution is 2.27. The third kappa shape index (κ3) is 3.98. The number of fused-ring (bicyclic) bond motifs is 1. The number of rotatable bonds is 5. The van der Waals surface area contributed by atoms with Gasteiger partial charge in [0.1, 0.15) is 23.6 Å². The molecule has 0 N–H and O–H groups in total. The Kier molecular flexibility index (Phi) is 5.53. The summed E-state index contributed by atoms with van der Waals surface area (Å²) in [7, 11) is 0. The van der Waals surface area contributed by atoms with Gasteiger partial charge in [-0.15, -0.1) is 0 Å². The van der Waals surface area contributed by atoms with Crippen LogP contribution in [0.15, 0.2) is 45.7 Å². The number of halogens is 1. The minimum absolute atomic E-state index is 0.0585. The Morgan fingerprint density at radius 1 is 1.24 bits per heavy atom. The smallest absolute Gasteiger partial charge is 0.342 e. The number of anilines is 1. The second-order valence-corrected chi connectivity index (χ2v) is 7.44. The lowest BCUT2D eigenvalue weighted by Gasteiger charge is -2.19. The molecular weight excluding hydrogens is 392 g/mol. The van der Waals surface area contributed by atoms with Gasteiger partial charge in [0.2, 0.25) is 0 Å². The van der Waals surface area contributed by atoms with E-state index < -0.39 is 11.6 Å². The summed E-state index contributed by atoms with van der Waals surface area (Å²) in [4.78, 5) is 31.2. The molecule has 1 aliphatic heterocycles. The Morgan fingerprint density at radius 3 is 2.79 bits per heavy atom. The Labute approximate surface area is 173 Å². The second-order valence-electron chi connectivity index (χ2n) is 7.03. The lowest BCUT2D eigenvalue weighted by atomic mass is 10.1. The molecule has 0 atom stereocenters. The number of benzene rings is 1. The van der Waals surface area contributed by atoms with E-state index in [1.54, 1.807) is 30.5 Å². The number of carbonyl (C=O) groups excluding carboxylic acids is 1. The van der Waals surface area contributed by atoms with E-state index >= 15 is 0 Å². The van der Waals surface area contributed by atoms with Gasteiger partial charge in [0.25, 0.3) is 0 Å². The van der Waals surface area contributed by atoms with E-state index in [1.807, 2.05) is 6.92 Å². The molecule has 6 nitrogen and oxygen atoms in total. The van der Waals surface area contributed by atoms with Crippen molar-refractivity contribution >= 4 is 34.4 Å². The van der Waals surface area contributed by atoms with Crippen LogP contribution in [0.4, 0.5) is 5.82 Å². The van der Waals surface area contributed by atoms with Gasteiger partial charge in [-0.1, -0.05) is 18.5 Å². The molecule has 0 unspecified atom stereocenters. The van der Waals surface area contributed by atoms with Crippen molar-refractivity contribution < 1.29 is 13.9 Å². The molecule has 0 amide bonds. The fraction of sp³-hybridized carbons (Fsp3) is 0.318. The van der Waals surface area contributed by atoms with Crippen LogP contribution in [0.3, 0.4) is 0 Å². The third-order valence-corrected chi connectivity index (χ3v) is 5.50. The highest BCUT2D eigenvalue weighted by atomic mass is 35.5. The Hall–Kier alpha value is -2.86. The molecule has 7 heteroatoms. The summed E-state index contributed by atoms with van der Waals surface area (Å²) >= 11 is 6.33. The largest absolute Gasteiger partial charge is 0.457 e. The van der Waals surface area contributed by atoms with Crippen LogP contribution in [0.25, 0.3) is 11.0 Å². The fourth-order valence-corrected chi connectivity index (χ4v) is 3.93. The number of carbonyl (C=O) groups is 1. The van der Waals surface area contributed by atoms with Crippen LogP contribution in [-0.2, 0) is 17.8 Å². The molecule has 1 saturated heterocycles. The average Bonchev–Trinajstić information content (AvgIpc) is 3.26. The van der Waals surface area contributed by atoms with Gasteiger partial charge in [0.05, 0.1) is 0 Å². The standard InChI is InChI=1S/C22H21ClN2O4/c1-2-14-10-19-17(12-18(14)23)15(11-20(26)29-19)13-28-22(27)16-6-5-7-24-21(16)25-8-3-4-9-25/h5-7,10-12H,2-4,8-9,13H2,1H3. The molecular formula is C22H21ClN2O4. The maximum atomic E-state index is 12.8. The first kappa shape index (κ1) is 19.5. The second kappa shape index (κ2) is 8.25. The number of hydrogen-bond donors (Lipinski definition) is 0. The number of esters is 1.